The van der Waals surface area contributed by atoms with Crippen molar-refractivity contribution in [3.63, 3.8) is 0 Å². The van der Waals surface area contributed by atoms with Gasteiger partial charge in [-0.15, -0.1) is 0 Å². The third-order valence-corrected chi connectivity index (χ3v) is 3.46. The van der Waals surface area contributed by atoms with Crippen LogP contribution in [0.15, 0.2) is 54.6 Å². The second kappa shape index (κ2) is 7.64. The van der Waals surface area contributed by atoms with Crippen LogP contribution in [0, 0.1) is 0 Å². The zero-order chi connectivity index (χ0) is 15.9. The maximum absolute atomic E-state index is 12.1. The predicted octanol–water partition coefficient (Wildman–Crippen LogP) is 4.17. The van der Waals surface area contributed by atoms with Crippen LogP contribution in [0.5, 0.6) is 5.75 Å². The summed E-state index contributed by atoms with van der Waals surface area (Å²) in [7, 11) is 1.64. The highest BCUT2D eigenvalue weighted by atomic mass is 16.5. The Labute approximate surface area is 131 Å². The number of hydrogen-bond acceptors (Lipinski definition) is 3. The Hall–Kier alpha value is -2.29. The Morgan fingerprint density at radius 1 is 0.955 bits per heavy atom. The van der Waals surface area contributed by atoms with Crippen molar-refractivity contribution >= 4 is 5.97 Å². The summed E-state index contributed by atoms with van der Waals surface area (Å²) in [5.74, 6) is 0.610. The van der Waals surface area contributed by atoms with Crippen LogP contribution < -0.4 is 4.74 Å². The molecule has 0 spiro atoms. The van der Waals surface area contributed by atoms with Crippen molar-refractivity contribution in [1.82, 2.24) is 0 Å². The van der Waals surface area contributed by atoms with Crippen molar-refractivity contribution in [3.05, 3.63) is 65.7 Å². The lowest BCUT2D eigenvalue weighted by Gasteiger charge is -2.18. The van der Waals surface area contributed by atoms with Gasteiger partial charge in [-0.2, -0.15) is 0 Å². The second-order valence-corrected chi connectivity index (χ2v) is 5.48. The third kappa shape index (κ3) is 4.35. The summed E-state index contributed by atoms with van der Waals surface area (Å²) in [5.41, 5.74) is 2.18. The Kier molecular flexibility index (Phi) is 5.59. The fourth-order valence-electron chi connectivity index (χ4n) is 2.43. The van der Waals surface area contributed by atoms with Crippen molar-refractivity contribution in [2.75, 3.05) is 7.11 Å². The minimum absolute atomic E-state index is 0.0154. The number of hydrogen-bond donors (Lipinski definition) is 0. The molecule has 0 amide bonds. The van der Waals surface area contributed by atoms with Gasteiger partial charge in [-0.1, -0.05) is 42.5 Å². The molecule has 0 aliphatic carbocycles. The van der Waals surface area contributed by atoms with E-state index in [-0.39, 0.29) is 18.0 Å². The molecule has 116 valence electrons. The van der Waals surface area contributed by atoms with Gasteiger partial charge in [-0.05, 0) is 37.1 Å². The summed E-state index contributed by atoms with van der Waals surface area (Å²) in [6.07, 6.45) is 0.230. The van der Waals surface area contributed by atoms with Gasteiger partial charge in [0.15, 0.2) is 0 Å². The minimum Gasteiger partial charge on any atom is -0.497 e. The van der Waals surface area contributed by atoms with Crippen LogP contribution in [0.2, 0.25) is 0 Å². The molecular formula is C19H22O3. The molecule has 0 saturated heterocycles. The average molecular weight is 298 g/mol. The molecule has 0 heterocycles. The molecule has 0 aromatic heterocycles. The van der Waals surface area contributed by atoms with Gasteiger partial charge in [0, 0.05) is 5.92 Å². The van der Waals surface area contributed by atoms with E-state index in [1.807, 2.05) is 68.4 Å². The van der Waals surface area contributed by atoms with Crippen LogP contribution in [-0.4, -0.2) is 19.2 Å². The molecule has 0 N–H and O–H groups in total. The molecule has 2 aromatic rings. The highest BCUT2D eigenvalue weighted by Crippen LogP contribution is 2.29. The number of esters is 1. The van der Waals surface area contributed by atoms with E-state index >= 15 is 0 Å². The largest absolute Gasteiger partial charge is 0.497 e. The van der Waals surface area contributed by atoms with E-state index in [9.17, 15) is 4.79 Å². The number of methoxy groups -OCH3 is 1. The molecule has 0 fully saturated rings. The summed E-state index contributed by atoms with van der Waals surface area (Å²) in [5, 5.41) is 0. The smallest absolute Gasteiger partial charge is 0.306 e. The quantitative estimate of drug-likeness (QED) is 0.751. The first-order chi connectivity index (χ1) is 10.6. The van der Waals surface area contributed by atoms with Crippen molar-refractivity contribution in [1.29, 1.82) is 0 Å². The first-order valence-electron chi connectivity index (χ1n) is 7.48. The average Bonchev–Trinajstić information content (AvgIpc) is 2.53. The summed E-state index contributed by atoms with van der Waals surface area (Å²) in [6.45, 7) is 3.73. The molecule has 22 heavy (non-hydrogen) atoms. The molecule has 0 aliphatic heterocycles. The topological polar surface area (TPSA) is 35.5 Å². The molecule has 0 aliphatic rings. The van der Waals surface area contributed by atoms with E-state index in [4.69, 9.17) is 9.47 Å². The second-order valence-electron chi connectivity index (χ2n) is 5.48. The lowest BCUT2D eigenvalue weighted by atomic mass is 9.88. The van der Waals surface area contributed by atoms with E-state index in [1.165, 1.54) is 0 Å². The normalized spacial score (nSPS) is 12.0. The molecule has 2 aromatic carbocycles. The molecule has 0 radical (unpaired) electrons. The van der Waals surface area contributed by atoms with E-state index in [1.54, 1.807) is 7.11 Å². The molecular weight excluding hydrogens is 276 g/mol. The third-order valence-electron chi connectivity index (χ3n) is 3.46. The molecule has 3 nitrogen and oxygen atoms in total. The van der Waals surface area contributed by atoms with Crippen LogP contribution in [0.3, 0.4) is 0 Å². The highest BCUT2D eigenvalue weighted by molar-refractivity contribution is 5.71. The summed E-state index contributed by atoms with van der Waals surface area (Å²) in [6, 6.07) is 17.9. The van der Waals surface area contributed by atoms with Gasteiger partial charge in [-0.25, -0.2) is 0 Å². The van der Waals surface area contributed by atoms with E-state index < -0.39 is 0 Å². The first-order valence-corrected chi connectivity index (χ1v) is 7.48. The molecule has 1 atom stereocenters. The zero-order valence-electron chi connectivity index (χ0n) is 13.3. The molecule has 0 bridgehead atoms. The van der Waals surface area contributed by atoms with Crippen LogP contribution in [0.1, 0.15) is 37.3 Å². The van der Waals surface area contributed by atoms with Crippen molar-refractivity contribution in [3.8, 4) is 5.75 Å². The molecule has 2 rings (SSSR count). The lowest BCUT2D eigenvalue weighted by Crippen LogP contribution is -2.15. The molecule has 0 unspecified atom stereocenters. The van der Waals surface area contributed by atoms with Gasteiger partial charge >= 0.3 is 5.97 Å². The number of ether oxygens (including phenoxy) is 2. The fraction of sp³-hybridized carbons (Fsp3) is 0.316. The Bertz CT molecular complexity index is 588. The summed E-state index contributed by atoms with van der Waals surface area (Å²) >= 11 is 0. The summed E-state index contributed by atoms with van der Waals surface area (Å²) in [4.78, 5) is 12.1. The first kappa shape index (κ1) is 16.1. The van der Waals surface area contributed by atoms with Crippen LogP contribution >= 0.6 is 0 Å². The minimum atomic E-state index is -0.181. The fourth-order valence-corrected chi connectivity index (χ4v) is 2.43. The van der Waals surface area contributed by atoms with Gasteiger partial charge in [-0.3, -0.25) is 4.79 Å². The van der Waals surface area contributed by atoms with Gasteiger partial charge in [0.25, 0.3) is 0 Å². The Morgan fingerprint density at radius 2 is 1.55 bits per heavy atom. The van der Waals surface area contributed by atoms with Crippen molar-refractivity contribution < 1.29 is 14.3 Å². The molecule has 0 saturated carbocycles. The van der Waals surface area contributed by atoms with Gasteiger partial charge in [0.1, 0.15) is 5.75 Å². The molecule has 3 heteroatoms. The summed E-state index contributed by atoms with van der Waals surface area (Å²) < 4.78 is 10.5. The maximum Gasteiger partial charge on any atom is 0.306 e. The van der Waals surface area contributed by atoms with Gasteiger partial charge in [0.2, 0.25) is 0 Å². The zero-order valence-corrected chi connectivity index (χ0v) is 13.3. The number of carbonyl (C=O) groups excluding carboxylic acids is 1. The number of carbonyl (C=O) groups is 1. The SMILES string of the molecule is COc1ccc([C@@H](CC(=O)OC(C)C)c2ccccc2)cc1. The lowest BCUT2D eigenvalue weighted by molar-refractivity contribution is -0.147. The van der Waals surface area contributed by atoms with Crippen LogP contribution in [0.4, 0.5) is 0 Å². The monoisotopic (exact) mass is 298 g/mol. The van der Waals surface area contributed by atoms with Crippen molar-refractivity contribution in [2.45, 2.75) is 32.3 Å². The predicted molar refractivity (Wildman–Crippen MR) is 87.1 cm³/mol. The van der Waals surface area contributed by atoms with Crippen LogP contribution in [0.25, 0.3) is 0 Å². The van der Waals surface area contributed by atoms with Crippen molar-refractivity contribution in [2.24, 2.45) is 0 Å². The highest BCUT2D eigenvalue weighted by Gasteiger charge is 2.19. The number of rotatable bonds is 6. The van der Waals surface area contributed by atoms with E-state index in [2.05, 4.69) is 0 Å². The number of benzene rings is 2. The van der Waals surface area contributed by atoms with E-state index in [0.717, 1.165) is 16.9 Å². The van der Waals surface area contributed by atoms with Crippen LogP contribution in [-0.2, 0) is 9.53 Å². The maximum atomic E-state index is 12.1. The van der Waals surface area contributed by atoms with Gasteiger partial charge in [0.05, 0.1) is 19.6 Å². The Morgan fingerprint density at radius 3 is 2.09 bits per heavy atom. The van der Waals surface area contributed by atoms with E-state index in [0.29, 0.717) is 6.42 Å². The van der Waals surface area contributed by atoms with Gasteiger partial charge < -0.3 is 9.47 Å². The standard InChI is InChI=1S/C19H22O3/c1-14(2)22-19(20)13-18(15-7-5-4-6-8-15)16-9-11-17(21-3)12-10-16/h4-12,14,18H,13H2,1-3H3/t18-/m0/s1. The Balaban J connectivity index is 2.26.